The van der Waals surface area contributed by atoms with E-state index in [9.17, 15) is 9.59 Å². The van der Waals surface area contributed by atoms with Crippen molar-refractivity contribution in [3.63, 3.8) is 0 Å². The molecule has 0 spiro atoms. The third-order valence-corrected chi connectivity index (χ3v) is 2.84. The van der Waals surface area contributed by atoms with Crippen LogP contribution in [0.5, 0.6) is 0 Å². The molecule has 4 nitrogen and oxygen atoms in total. The molecule has 0 aromatic heterocycles. The van der Waals surface area contributed by atoms with Gasteiger partial charge in [0, 0.05) is 16.6 Å². The van der Waals surface area contributed by atoms with Crippen LogP contribution < -0.4 is 5.32 Å². The van der Waals surface area contributed by atoms with Crippen LogP contribution in [0.1, 0.15) is 17.9 Å². The summed E-state index contributed by atoms with van der Waals surface area (Å²) < 4.78 is 0.809. The molecule has 78 valence electrons. The first-order chi connectivity index (χ1) is 7.08. The van der Waals surface area contributed by atoms with Crippen molar-refractivity contribution in [3.8, 4) is 0 Å². The molecule has 0 aliphatic carbocycles. The van der Waals surface area contributed by atoms with Gasteiger partial charge in [-0.25, -0.2) is 0 Å². The molecule has 1 amide bonds. The summed E-state index contributed by atoms with van der Waals surface area (Å²) in [5.41, 5.74) is 1.23. The average Bonchev–Trinajstić information content (AvgIpc) is 2.17. The lowest BCUT2D eigenvalue weighted by Gasteiger charge is -2.22. The number of halogens is 1. The van der Waals surface area contributed by atoms with E-state index in [0.717, 1.165) is 4.47 Å². The number of anilines is 1. The van der Waals surface area contributed by atoms with Crippen LogP contribution in [0.2, 0.25) is 0 Å². The van der Waals surface area contributed by atoms with E-state index in [0.29, 0.717) is 11.3 Å². The van der Waals surface area contributed by atoms with Gasteiger partial charge < -0.3 is 10.4 Å². The molecule has 1 aliphatic heterocycles. The Morgan fingerprint density at radius 2 is 2.27 bits per heavy atom. The minimum atomic E-state index is -0.968. The summed E-state index contributed by atoms with van der Waals surface area (Å²) in [6.07, 6.45) is -0.00120. The van der Waals surface area contributed by atoms with E-state index in [1.54, 1.807) is 18.2 Å². The highest BCUT2D eigenvalue weighted by atomic mass is 79.9. The maximum atomic E-state index is 11.2. The Labute approximate surface area is 94.4 Å². The second-order valence-electron chi connectivity index (χ2n) is 3.37. The predicted molar refractivity (Wildman–Crippen MR) is 57.8 cm³/mol. The molecule has 0 saturated heterocycles. The monoisotopic (exact) mass is 269 g/mol. The van der Waals surface area contributed by atoms with E-state index < -0.39 is 11.9 Å². The maximum absolute atomic E-state index is 11.2. The number of benzene rings is 1. The number of carbonyl (C=O) groups is 2. The molecule has 15 heavy (non-hydrogen) atoms. The molecule has 0 radical (unpaired) electrons. The molecule has 0 unspecified atom stereocenters. The second kappa shape index (κ2) is 3.66. The Morgan fingerprint density at radius 1 is 1.53 bits per heavy atom. The minimum Gasteiger partial charge on any atom is -0.481 e. The Kier molecular flexibility index (Phi) is 2.48. The number of carbonyl (C=O) groups excluding carboxylic acids is 1. The van der Waals surface area contributed by atoms with Gasteiger partial charge in [-0.1, -0.05) is 15.9 Å². The SMILES string of the molecule is O=C1C[C@@H](C(=O)O)c2cc(Br)ccc2N1. The molecular formula is C10H8BrNO3. The lowest BCUT2D eigenvalue weighted by atomic mass is 9.91. The van der Waals surface area contributed by atoms with Gasteiger partial charge in [0.15, 0.2) is 0 Å². The van der Waals surface area contributed by atoms with E-state index in [2.05, 4.69) is 21.2 Å². The standard InChI is InChI=1S/C10H8BrNO3/c11-5-1-2-8-6(3-5)7(10(14)15)4-9(13)12-8/h1-3,7H,4H2,(H,12,13)(H,14,15)/t7-/m1/s1. The number of hydrogen-bond acceptors (Lipinski definition) is 2. The molecule has 0 saturated carbocycles. The van der Waals surface area contributed by atoms with E-state index in [-0.39, 0.29) is 12.3 Å². The third kappa shape index (κ3) is 1.87. The summed E-state index contributed by atoms with van der Waals surface area (Å²) in [4.78, 5) is 22.2. The topological polar surface area (TPSA) is 66.4 Å². The van der Waals surface area contributed by atoms with Gasteiger partial charge in [-0.05, 0) is 23.8 Å². The van der Waals surface area contributed by atoms with Crippen molar-refractivity contribution in [2.75, 3.05) is 5.32 Å². The highest BCUT2D eigenvalue weighted by Crippen LogP contribution is 2.34. The first kappa shape index (κ1) is 10.2. The van der Waals surface area contributed by atoms with E-state index in [4.69, 9.17) is 5.11 Å². The highest BCUT2D eigenvalue weighted by Gasteiger charge is 2.30. The number of nitrogens with one attached hydrogen (secondary N) is 1. The zero-order valence-electron chi connectivity index (χ0n) is 7.66. The lowest BCUT2D eigenvalue weighted by Crippen LogP contribution is -2.27. The highest BCUT2D eigenvalue weighted by molar-refractivity contribution is 9.10. The van der Waals surface area contributed by atoms with Gasteiger partial charge in [0.05, 0.1) is 5.92 Å². The van der Waals surface area contributed by atoms with E-state index >= 15 is 0 Å². The number of hydrogen-bond donors (Lipinski definition) is 2. The van der Waals surface area contributed by atoms with Crippen LogP contribution >= 0.6 is 15.9 Å². The Bertz CT molecular complexity index is 444. The number of carboxylic acids is 1. The summed E-state index contributed by atoms with van der Waals surface area (Å²) in [5, 5.41) is 11.6. The maximum Gasteiger partial charge on any atom is 0.311 e. The van der Waals surface area contributed by atoms with Crippen LogP contribution in [0, 0.1) is 0 Å². The first-order valence-electron chi connectivity index (χ1n) is 4.40. The molecule has 0 fully saturated rings. The molecule has 1 atom stereocenters. The number of rotatable bonds is 1. The molecule has 2 rings (SSSR count). The summed E-state index contributed by atoms with van der Waals surface area (Å²) in [7, 11) is 0. The van der Waals surface area contributed by atoms with Crippen LogP contribution in [0.15, 0.2) is 22.7 Å². The average molecular weight is 270 g/mol. The summed E-state index contributed by atoms with van der Waals surface area (Å²) in [6.45, 7) is 0. The summed E-state index contributed by atoms with van der Waals surface area (Å²) in [6, 6.07) is 5.20. The molecule has 1 aromatic carbocycles. The number of carboxylic acid groups (broad SMARTS) is 1. The van der Waals surface area contributed by atoms with E-state index in [1.807, 2.05) is 0 Å². The number of aliphatic carboxylic acids is 1. The molecule has 1 heterocycles. The lowest BCUT2D eigenvalue weighted by molar-refractivity contribution is -0.140. The summed E-state index contributed by atoms with van der Waals surface area (Å²) in [5.74, 6) is -1.97. The smallest absolute Gasteiger partial charge is 0.311 e. The summed E-state index contributed by atoms with van der Waals surface area (Å²) >= 11 is 3.28. The van der Waals surface area contributed by atoms with Crippen LogP contribution in [-0.4, -0.2) is 17.0 Å². The fourth-order valence-corrected chi connectivity index (χ4v) is 2.03. The van der Waals surface area contributed by atoms with Gasteiger partial charge in [-0.3, -0.25) is 9.59 Å². The van der Waals surface area contributed by atoms with Crippen molar-refractivity contribution < 1.29 is 14.7 Å². The van der Waals surface area contributed by atoms with Crippen molar-refractivity contribution in [1.29, 1.82) is 0 Å². The fraction of sp³-hybridized carbons (Fsp3) is 0.200. The van der Waals surface area contributed by atoms with E-state index in [1.165, 1.54) is 0 Å². The van der Waals surface area contributed by atoms with Crippen molar-refractivity contribution in [1.82, 2.24) is 0 Å². The predicted octanol–water partition coefficient (Wildman–Crippen LogP) is 1.96. The number of fused-ring (bicyclic) bond motifs is 1. The minimum absolute atomic E-state index is 0.00120. The zero-order chi connectivity index (χ0) is 11.0. The quantitative estimate of drug-likeness (QED) is 0.819. The van der Waals surface area contributed by atoms with Gasteiger partial charge in [-0.15, -0.1) is 0 Å². The molecule has 1 aromatic rings. The van der Waals surface area contributed by atoms with Gasteiger partial charge in [-0.2, -0.15) is 0 Å². The molecule has 0 bridgehead atoms. The molecular weight excluding hydrogens is 262 g/mol. The van der Waals surface area contributed by atoms with Crippen LogP contribution in [0.3, 0.4) is 0 Å². The first-order valence-corrected chi connectivity index (χ1v) is 5.19. The molecule has 2 N–H and O–H groups in total. The Hall–Kier alpha value is -1.36. The molecule has 5 heteroatoms. The van der Waals surface area contributed by atoms with Crippen molar-refractivity contribution in [2.24, 2.45) is 0 Å². The normalized spacial score (nSPS) is 19.3. The number of amides is 1. The third-order valence-electron chi connectivity index (χ3n) is 2.35. The molecule has 1 aliphatic rings. The zero-order valence-corrected chi connectivity index (χ0v) is 9.24. The van der Waals surface area contributed by atoms with Crippen LogP contribution in [0.4, 0.5) is 5.69 Å². The van der Waals surface area contributed by atoms with Crippen molar-refractivity contribution >= 4 is 33.5 Å². The fourth-order valence-electron chi connectivity index (χ4n) is 1.65. The van der Waals surface area contributed by atoms with Crippen LogP contribution in [0.25, 0.3) is 0 Å². The van der Waals surface area contributed by atoms with Gasteiger partial charge in [0.1, 0.15) is 0 Å². The largest absolute Gasteiger partial charge is 0.481 e. The Balaban J connectivity index is 2.52. The van der Waals surface area contributed by atoms with Gasteiger partial charge >= 0.3 is 5.97 Å². The van der Waals surface area contributed by atoms with Gasteiger partial charge in [0.25, 0.3) is 0 Å². The van der Waals surface area contributed by atoms with Crippen LogP contribution in [-0.2, 0) is 9.59 Å². The van der Waals surface area contributed by atoms with Gasteiger partial charge in [0.2, 0.25) is 5.91 Å². The Morgan fingerprint density at radius 3 is 2.93 bits per heavy atom. The van der Waals surface area contributed by atoms with Crippen molar-refractivity contribution in [3.05, 3.63) is 28.2 Å². The second-order valence-corrected chi connectivity index (χ2v) is 4.29. The van der Waals surface area contributed by atoms with Crippen molar-refractivity contribution in [2.45, 2.75) is 12.3 Å².